The number of aromatic amines is 1. The molecule has 1 atom stereocenters. The van der Waals surface area contributed by atoms with E-state index in [1.54, 1.807) is 11.6 Å². The van der Waals surface area contributed by atoms with Gasteiger partial charge in [0.1, 0.15) is 5.82 Å². The summed E-state index contributed by atoms with van der Waals surface area (Å²) in [6.07, 6.45) is 3.77. The minimum absolute atomic E-state index is 0.149. The maximum Gasteiger partial charge on any atom is 0.253 e. The quantitative estimate of drug-likeness (QED) is 0.793. The van der Waals surface area contributed by atoms with Crippen LogP contribution >= 0.6 is 0 Å². The minimum atomic E-state index is -0.176. The van der Waals surface area contributed by atoms with E-state index in [9.17, 15) is 4.79 Å². The summed E-state index contributed by atoms with van der Waals surface area (Å²) >= 11 is 0. The first-order chi connectivity index (χ1) is 11.7. The summed E-state index contributed by atoms with van der Waals surface area (Å²) in [6, 6.07) is 10.2. The molecule has 25 heavy (non-hydrogen) atoms. The molecule has 2 heterocycles. The van der Waals surface area contributed by atoms with Crippen LogP contribution in [-0.4, -0.2) is 19.7 Å². The third-order valence-corrected chi connectivity index (χ3v) is 4.46. The van der Waals surface area contributed by atoms with Gasteiger partial charge in [0, 0.05) is 18.2 Å². The number of aromatic nitrogens is 4. The SMILES string of the molecule is Cc1nc(-n2cc(C(C)c3ccc(C(C)(C)C)cc3)cn2)cc(=O)[nH]1. The first kappa shape index (κ1) is 17.1. The summed E-state index contributed by atoms with van der Waals surface area (Å²) in [5.41, 5.74) is 3.62. The first-order valence-corrected chi connectivity index (χ1v) is 8.47. The van der Waals surface area contributed by atoms with Gasteiger partial charge >= 0.3 is 0 Å². The van der Waals surface area contributed by atoms with Crippen molar-refractivity contribution in [3.05, 3.63) is 75.6 Å². The maximum atomic E-state index is 11.6. The number of hydrogen-bond donors (Lipinski definition) is 1. The summed E-state index contributed by atoms with van der Waals surface area (Å²) in [4.78, 5) is 18.6. The molecule has 0 aliphatic heterocycles. The van der Waals surface area contributed by atoms with E-state index in [1.165, 1.54) is 17.2 Å². The molecule has 0 bridgehead atoms. The Labute approximate surface area is 147 Å². The number of rotatable bonds is 3. The number of nitrogens with zero attached hydrogens (tertiary/aromatic N) is 3. The minimum Gasteiger partial charge on any atom is -0.311 e. The van der Waals surface area contributed by atoms with E-state index in [0.29, 0.717) is 11.6 Å². The molecule has 0 aliphatic rings. The van der Waals surface area contributed by atoms with Crippen LogP contribution in [0.15, 0.2) is 47.5 Å². The van der Waals surface area contributed by atoms with Crippen LogP contribution in [-0.2, 0) is 5.41 Å². The van der Waals surface area contributed by atoms with Crippen LogP contribution in [0, 0.1) is 6.92 Å². The predicted octanol–water partition coefficient (Wildman–Crippen LogP) is 3.71. The number of nitrogens with one attached hydrogen (secondary N) is 1. The van der Waals surface area contributed by atoms with Gasteiger partial charge in [-0.1, -0.05) is 52.0 Å². The lowest BCUT2D eigenvalue weighted by Crippen LogP contribution is -2.12. The summed E-state index contributed by atoms with van der Waals surface area (Å²) in [5.74, 6) is 1.32. The highest BCUT2D eigenvalue weighted by Crippen LogP contribution is 2.27. The lowest BCUT2D eigenvalue weighted by Gasteiger charge is -2.20. The van der Waals surface area contributed by atoms with E-state index >= 15 is 0 Å². The zero-order valence-corrected chi connectivity index (χ0v) is 15.4. The molecule has 2 aromatic heterocycles. The van der Waals surface area contributed by atoms with Crippen LogP contribution in [0.1, 0.15) is 56.1 Å². The van der Waals surface area contributed by atoms with E-state index in [4.69, 9.17) is 0 Å². The monoisotopic (exact) mass is 336 g/mol. The molecule has 0 amide bonds. The molecule has 0 fully saturated rings. The third kappa shape index (κ3) is 3.71. The van der Waals surface area contributed by atoms with Gasteiger partial charge in [-0.15, -0.1) is 0 Å². The fourth-order valence-corrected chi connectivity index (χ4v) is 2.83. The van der Waals surface area contributed by atoms with Crippen molar-refractivity contribution in [2.24, 2.45) is 0 Å². The Balaban J connectivity index is 1.87. The number of H-pyrrole nitrogens is 1. The van der Waals surface area contributed by atoms with Crippen molar-refractivity contribution < 1.29 is 0 Å². The van der Waals surface area contributed by atoms with Crippen molar-refractivity contribution in [1.29, 1.82) is 0 Å². The Morgan fingerprint density at radius 2 is 1.80 bits per heavy atom. The van der Waals surface area contributed by atoms with Gasteiger partial charge in [-0.25, -0.2) is 9.67 Å². The van der Waals surface area contributed by atoms with Crippen LogP contribution in [0.5, 0.6) is 0 Å². The highest BCUT2D eigenvalue weighted by atomic mass is 16.1. The Kier molecular flexibility index (Phi) is 4.33. The van der Waals surface area contributed by atoms with Gasteiger partial charge in [-0.2, -0.15) is 5.10 Å². The summed E-state index contributed by atoms with van der Waals surface area (Å²) in [5, 5.41) is 4.37. The molecule has 3 aromatic rings. The van der Waals surface area contributed by atoms with E-state index < -0.39 is 0 Å². The van der Waals surface area contributed by atoms with Gasteiger partial charge in [0.2, 0.25) is 0 Å². The summed E-state index contributed by atoms with van der Waals surface area (Å²) in [6.45, 7) is 10.6. The number of benzene rings is 1. The summed E-state index contributed by atoms with van der Waals surface area (Å²) < 4.78 is 1.65. The molecule has 0 spiro atoms. The molecule has 5 nitrogen and oxygen atoms in total. The lowest BCUT2D eigenvalue weighted by atomic mass is 9.85. The largest absolute Gasteiger partial charge is 0.311 e. The maximum absolute atomic E-state index is 11.6. The normalized spacial score (nSPS) is 13.0. The molecule has 0 saturated carbocycles. The molecular formula is C20H24N4O. The first-order valence-electron chi connectivity index (χ1n) is 8.47. The van der Waals surface area contributed by atoms with Gasteiger partial charge < -0.3 is 4.98 Å². The fraction of sp³-hybridized carbons (Fsp3) is 0.350. The zero-order valence-electron chi connectivity index (χ0n) is 15.4. The van der Waals surface area contributed by atoms with Crippen LogP contribution in [0.4, 0.5) is 0 Å². The second-order valence-electron chi connectivity index (χ2n) is 7.50. The molecule has 1 aromatic carbocycles. The van der Waals surface area contributed by atoms with Gasteiger partial charge in [-0.3, -0.25) is 4.79 Å². The Morgan fingerprint density at radius 3 is 2.40 bits per heavy atom. The smallest absolute Gasteiger partial charge is 0.253 e. The van der Waals surface area contributed by atoms with Gasteiger partial charge in [0.05, 0.1) is 6.20 Å². The molecule has 1 N–H and O–H groups in total. The molecule has 5 heteroatoms. The van der Waals surface area contributed by atoms with E-state index in [0.717, 1.165) is 5.56 Å². The van der Waals surface area contributed by atoms with Crippen molar-refractivity contribution >= 4 is 0 Å². The summed E-state index contributed by atoms with van der Waals surface area (Å²) in [7, 11) is 0. The fourth-order valence-electron chi connectivity index (χ4n) is 2.83. The third-order valence-electron chi connectivity index (χ3n) is 4.46. The van der Waals surface area contributed by atoms with E-state index in [2.05, 4.69) is 67.0 Å². The van der Waals surface area contributed by atoms with Crippen molar-refractivity contribution in [3.63, 3.8) is 0 Å². The van der Waals surface area contributed by atoms with Crippen molar-refractivity contribution in [1.82, 2.24) is 19.7 Å². The van der Waals surface area contributed by atoms with Crippen LogP contribution in [0.2, 0.25) is 0 Å². The molecule has 130 valence electrons. The average molecular weight is 336 g/mol. The molecule has 0 aliphatic carbocycles. The Hall–Kier alpha value is -2.69. The van der Waals surface area contributed by atoms with Crippen LogP contribution < -0.4 is 5.56 Å². The average Bonchev–Trinajstić information content (AvgIpc) is 3.02. The van der Waals surface area contributed by atoms with Crippen molar-refractivity contribution in [2.75, 3.05) is 0 Å². The molecular weight excluding hydrogens is 312 g/mol. The number of aryl methyl sites for hydroxylation is 1. The molecule has 3 rings (SSSR count). The Bertz CT molecular complexity index is 929. The second kappa shape index (κ2) is 6.31. The predicted molar refractivity (Wildman–Crippen MR) is 99.4 cm³/mol. The highest BCUT2D eigenvalue weighted by molar-refractivity contribution is 5.34. The molecule has 0 radical (unpaired) electrons. The second-order valence-corrected chi connectivity index (χ2v) is 7.50. The Morgan fingerprint density at radius 1 is 1.12 bits per heavy atom. The van der Waals surface area contributed by atoms with E-state index in [-0.39, 0.29) is 16.9 Å². The van der Waals surface area contributed by atoms with Gasteiger partial charge in [0.25, 0.3) is 5.56 Å². The highest BCUT2D eigenvalue weighted by Gasteiger charge is 2.16. The topological polar surface area (TPSA) is 63.6 Å². The van der Waals surface area contributed by atoms with Crippen molar-refractivity contribution in [2.45, 2.75) is 46.0 Å². The zero-order chi connectivity index (χ0) is 18.2. The van der Waals surface area contributed by atoms with E-state index in [1.807, 2.05) is 12.4 Å². The number of hydrogen-bond acceptors (Lipinski definition) is 3. The van der Waals surface area contributed by atoms with Crippen LogP contribution in [0.25, 0.3) is 5.82 Å². The molecule has 0 saturated heterocycles. The van der Waals surface area contributed by atoms with Gasteiger partial charge in [-0.05, 0) is 29.0 Å². The van der Waals surface area contributed by atoms with Crippen molar-refractivity contribution in [3.8, 4) is 5.82 Å². The van der Waals surface area contributed by atoms with Crippen LogP contribution in [0.3, 0.4) is 0 Å². The lowest BCUT2D eigenvalue weighted by molar-refractivity contribution is 0.590. The standard InChI is InChI=1S/C20H24N4O/c1-13(15-6-8-17(9-7-15)20(3,4)5)16-11-21-24(12-16)18-10-19(25)23-14(2)22-18/h6-13H,1-5H3,(H,22,23,25). The van der Waals surface area contributed by atoms with Gasteiger partial charge in [0.15, 0.2) is 5.82 Å². The molecule has 1 unspecified atom stereocenters.